The van der Waals surface area contributed by atoms with Gasteiger partial charge in [0, 0.05) is 52.3 Å². The number of aliphatic imine (C=N–C) groups is 1. The zero-order chi connectivity index (χ0) is 25.2. The first kappa shape index (κ1) is 23.0. The van der Waals surface area contributed by atoms with Crippen molar-refractivity contribution < 1.29 is 23.8 Å². The van der Waals surface area contributed by atoms with E-state index >= 15 is 0 Å². The zero-order valence-corrected chi connectivity index (χ0v) is 19.4. The molecule has 5 rings (SSSR count). The highest BCUT2D eigenvalue weighted by Gasteiger charge is 2.24. The van der Waals surface area contributed by atoms with Crippen LogP contribution in [0.4, 0.5) is 16.0 Å². The SMILES string of the molecule is COc1cc(Nc2ncc3c(n2)-c2cc(C(=O)O)ccc2C(c2ccccc2F)=NC3)cc(OC)c1. The first-order valence-electron chi connectivity index (χ1n) is 11.0. The molecule has 1 aromatic heterocycles. The summed E-state index contributed by atoms with van der Waals surface area (Å²) in [5, 5.41) is 12.8. The number of nitrogens with zero attached hydrogens (tertiary/aromatic N) is 3. The van der Waals surface area contributed by atoms with Gasteiger partial charge in [-0.25, -0.2) is 19.2 Å². The van der Waals surface area contributed by atoms with E-state index in [4.69, 9.17) is 14.5 Å². The van der Waals surface area contributed by atoms with Crippen LogP contribution >= 0.6 is 0 Å². The van der Waals surface area contributed by atoms with Crippen LogP contribution in [0.5, 0.6) is 11.5 Å². The third kappa shape index (κ3) is 4.34. The largest absolute Gasteiger partial charge is 0.497 e. The van der Waals surface area contributed by atoms with Gasteiger partial charge in [0.05, 0.1) is 37.7 Å². The summed E-state index contributed by atoms with van der Waals surface area (Å²) in [5.74, 6) is -0.0400. The second kappa shape index (κ2) is 9.46. The Morgan fingerprint density at radius 3 is 2.42 bits per heavy atom. The number of carbonyl (C=O) groups is 1. The lowest BCUT2D eigenvalue weighted by Gasteiger charge is -2.14. The molecule has 0 atom stereocenters. The van der Waals surface area contributed by atoms with E-state index in [1.54, 1.807) is 62.9 Å². The molecule has 180 valence electrons. The van der Waals surface area contributed by atoms with Gasteiger partial charge in [0.2, 0.25) is 5.95 Å². The number of fused-ring (bicyclic) bond motifs is 3. The van der Waals surface area contributed by atoms with E-state index in [-0.39, 0.29) is 18.1 Å². The van der Waals surface area contributed by atoms with Crippen LogP contribution in [0.25, 0.3) is 11.3 Å². The standard InChI is InChI=1S/C27H21FN4O4/c1-35-18-10-17(11-19(12-18)36-2)31-27-30-14-16-13-29-25(21-5-3-4-6-23(21)28)20-8-7-15(26(33)34)9-22(20)24(16)32-27/h3-12,14H,13H2,1-2H3,(H,33,34)(H,30,31,32). The Morgan fingerprint density at radius 2 is 1.72 bits per heavy atom. The van der Waals surface area contributed by atoms with Crippen molar-refractivity contribution in [2.24, 2.45) is 4.99 Å². The minimum atomic E-state index is -1.08. The van der Waals surface area contributed by atoms with E-state index in [9.17, 15) is 14.3 Å². The number of carboxylic acids is 1. The van der Waals surface area contributed by atoms with Gasteiger partial charge in [-0.1, -0.05) is 18.2 Å². The van der Waals surface area contributed by atoms with Gasteiger partial charge in [0.15, 0.2) is 0 Å². The van der Waals surface area contributed by atoms with E-state index in [1.807, 2.05) is 0 Å². The van der Waals surface area contributed by atoms with Crippen molar-refractivity contribution in [2.45, 2.75) is 6.54 Å². The van der Waals surface area contributed by atoms with Gasteiger partial charge in [-0.3, -0.25) is 4.99 Å². The monoisotopic (exact) mass is 484 g/mol. The summed E-state index contributed by atoms with van der Waals surface area (Å²) >= 11 is 0. The van der Waals surface area contributed by atoms with Crippen LogP contribution in [-0.2, 0) is 6.54 Å². The van der Waals surface area contributed by atoms with E-state index in [2.05, 4.69) is 15.3 Å². The minimum Gasteiger partial charge on any atom is -0.497 e. The van der Waals surface area contributed by atoms with E-state index < -0.39 is 11.8 Å². The van der Waals surface area contributed by atoms with Crippen LogP contribution in [0.2, 0.25) is 0 Å². The fourth-order valence-corrected chi connectivity index (χ4v) is 4.04. The normalized spacial score (nSPS) is 12.0. The number of halogens is 1. The molecule has 0 spiro atoms. The van der Waals surface area contributed by atoms with Crippen molar-refractivity contribution in [1.29, 1.82) is 0 Å². The molecule has 0 saturated heterocycles. The average Bonchev–Trinajstić information content (AvgIpc) is 3.05. The second-order valence-electron chi connectivity index (χ2n) is 8.00. The third-order valence-corrected chi connectivity index (χ3v) is 5.79. The Kier molecular flexibility index (Phi) is 6.03. The van der Waals surface area contributed by atoms with Crippen LogP contribution in [0.1, 0.15) is 27.0 Å². The number of hydrogen-bond acceptors (Lipinski definition) is 7. The number of benzene rings is 3. The van der Waals surface area contributed by atoms with E-state index in [0.29, 0.717) is 50.8 Å². The molecule has 2 N–H and O–H groups in total. The number of aromatic nitrogens is 2. The Hall–Kier alpha value is -4.79. The summed E-state index contributed by atoms with van der Waals surface area (Å²) in [7, 11) is 3.11. The highest BCUT2D eigenvalue weighted by atomic mass is 19.1. The number of carboxylic acid groups (broad SMARTS) is 1. The summed E-state index contributed by atoms with van der Waals surface area (Å²) in [6, 6.07) is 16.3. The molecule has 0 bridgehead atoms. The predicted octanol–water partition coefficient (Wildman–Crippen LogP) is 5.09. The van der Waals surface area contributed by atoms with Gasteiger partial charge in [0.25, 0.3) is 0 Å². The number of hydrogen-bond donors (Lipinski definition) is 2. The minimum absolute atomic E-state index is 0.0835. The van der Waals surface area contributed by atoms with Gasteiger partial charge in [-0.2, -0.15) is 0 Å². The lowest BCUT2D eigenvalue weighted by atomic mass is 9.93. The van der Waals surface area contributed by atoms with Crippen LogP contribution in [0, 0.1) is 5.82 Å². The summed E-state index contributed by atoms with van der Waals surface area (Å²) in [6.45, 7) is 0.198. The molecule has 36 heavy (non-hydrogen) atoms. The molecule has 0 radical (unpaired) electrons. The number of aromatic carboxylic acids is 1. The van der Waals surface area contributed by atoms with Gasteiger partial charge in [0.1, 0.15) is 17.3 Å². The molecule has 2 heterocycles. The molecular weight excluding hydrogens is 463 g/mol. The molecular formula is C27H21FN4O4. The number of nitrogens with one attached hydrogen (secondary N) is 1. The van der Waals surface area contributed by atoms with Gasteiger partial charge >= 0.3 is 5.97 Å². The molecule has 0 saturated carbocycles. The van der Waals surface area contributed by atoms with Crippen LogP contribution in [0.15, 0.2) is 71.9 Å². The highest BCUT2D eigenvalue weighted by Crippen LogP contribution is 2.34. The summed E-state index contributed by atoms with van der Waals surface area (Å²) in [5.41, 5.74) is 3.77. The maximum Gasteiger partial charge on any atom is 0.335 e. The number of methoxy groups -OCH3 is 2. The summed E-state index contributed by atoms with van der Waals surface area (Å²) < 4.78 is 25.4. The molecule has 3 aromatic carbocycles. The van der Waals surface area contributed by atoms with Crippen LogP contribution in [-0.4, -0.2) is 41.0 Å². The smallest absolute Gasteiger partial charge is 0.335 e. The molecule has 0 fully saturated rings. The number of ether oxygens (including phenoxy) is 2. The zero-order valence-electron chi connectivity index (χ0n) is 19.4. The van der Waals surface area contributed by atoms with Crippen LogP contribution in [0.3, 0.4) is 0 Å². The van der Waals surface area contributed by atoms with E-state index in [0.717, 1.165) is 0 Å². The molecule has 1 aliphatic rings. The van der Waals surface area contributed by atoms with E-state index in [1.165, 1.54) is 18.2 Å². The third-order valence-electron chi connectivity index (χ3n) is 5.79. The summed E-state index contributed by atoms with van der Waals surface area (Å²) in [4.78, 5) is 25.6. The van der Waals surface area contributed by atoms with Crippen molar-refractivity contribution in [1.82, 2.24) is 9.97 Å². The van der Waals surface area contributed by atoms with Crippen LogP contribution < -0.4 is 14.8 Å². The molecule has 4 aromatic rings. The fourth-order valence-electron chi connectivity index (χ4n) is 4.04. The quantitative estimate of drug-likeness (QED) is 0.393. The Labute approximate surface area is 206 Å². The van der Waals surface area contributed by atoms with Gasteiger partial charge < -0.3 is 19.9 Å². The molecule has 8 nitrogen and oxygen atoms in total. The fraction of sp³-hybridized carbons (Fsp3) is 0.111. The Morgan fingerprint density at radius 1 is 0.972 bits per heavy atom. The first-order valence-corrected chi connectivity index (χ1v) is 11.0. The van der Waals surface area contributed by atoms with Crippen molar-refractivity contribution in [3.63, 3.8) is 0 Å². The van der Waals surface area contributed by atoms with Crippen molar-refractivity contribution in [3.05, 3.63) is 94.9 Å². The highest BCUT2D eigenvalue weighted by molar-refractivity contribution is 6.17. The predicted molar refractivity (Wildman–Crippen MR) is 133 cm³/mol. The Balaban J connectivity index is 1.63. The molecule has 0 aliphatic carbocycles. The van der Waals surface area contributed by atoms with Crippen molar-refractivity contribution in [3.8, 4) is 22.8 Å². The first-order chi connectivity index (χ1) is 17.5. The van der Waals surface area contributed by atoms with Gasteiger partial charge in [-0.05, 0) is 24.3 Å². The molecule has 9 heteroatoms. The average molecular weight is 484 g/mol. The number of rotatable bonds is 6. The second-order valence-corrected chi connectivity index (χ2v) is 8.00. The van der Waals surface area contributed by atoms with Crippen molar-refractivity contribution >= 4 is 23.3 Å². The Bertz CT molecular complexity index is 1500. The topological polar surface area (TPSA) is 106 Å². The summed E-state index contributed by atoms with van der Waals surface area (Å²) in [6.07, 6.45) is 1.63. The molecule has 1 aliphatic heterocycles. The van der Waals surface area contributed by atoms with Gasteiger partial charge in [-0.15, -0.1) is 0 Å². The lowest BCUT2D eigenvalue weighted by molar-refractivity contribution is 0.0697. The maximum atomic E-state index is 14.7. The van der Waals surface area contributed by atoms with Crippen molar-refractivity contribution in [2.75, 3.05) is 19.5 Å². The molecule has 0 amide bonds. The lowest BCUT2D eigenvalue weighted by Crippen LogP contribution is -2.09. The maximum absolute atomic E-state index is 14.7. The molecule has 0 unspecified atom stereocenters. The number of anilines is 2.